The molecule has 0 aliphatic carbocycles. The van der Waals surface area contributed by atoms with Crippen LogP contribution >= 0.6 is 11.6 Å². The number of rotatable bonds is 3. The zero-order chi connectivity index (χ0) is 19.8. The van der Waals surface area contributed by atoms with Crippen LogP contribution in [0.15, 0.2) is 48.5 Å². The van der Waals surface area contributed by atoms with Crippen molar-refractivity contribution in [2.24, 2.45) is 0 Å². The van der Waals surface area contributed by atoms with E-state index in [0.717, 1.165) is 55.1 Å². The molecule has 150 valence electrons. The Morgan fingerprint density at radius 1 is 1.00 bits per heavy atom. The summed E-state index contributed by atoms with van der Waals surface area (Å²) in [5.41, 5.74) is 4.82. The molecule has 2 aliphatic rings. The molecule has 2 aliphatic heterocycles. The molecule has 1 N–H and O–H groups in total. The smallest absolute Gasteiger partial charge is 0.237 e. The number of hydrogen-bond acceptors (Lipinski definition) is 3. The van der Waals surface area contributed by atoms with Gasteiger partial charge in [0.15, 0.2) is 0 Å². The summed E-state index contributed by atoms with van der Waals surface area (Å²) >= 11 is 6.20. The predicted octanol–water partition coefficient (Wildman–Crippen LogP) is 3.53. The van der Waals surface area contributed by atoms with Gasteiger partial charge >= 0.3 is 0 Å². The van der Waals surface area contributed by atoms with Crippen LogP contribution in [0, 0.1) is 0 Å². The summed E-state index contributed by atoms with van der Waals surface area (Å²) in [6.07, 6.45) is 0.870. The molecule has 6 heteroatoms. The molecule has 0 atom stereocenters. The molecule has 1 aromatic heterocycles. The molecule has 1 saturated heterocycles. The van der Waals surface area contributed by atoms with Crippen LogP contribution in [0.1, 0.15) is 11.3 Å². The van der Waals surface area contributed by atoms with Crippen molar-refractivity contribution in [3.63, 3.8) is 0 Å². The van der Waals surface area contributed by atoms with Crippen LogP contribution in [0.5, 0.6) is 0 Å². The van der Waals surface area contributed by atoms with Gasteiger partial charge in [0, 0.05) is 78.6 Å². The van der Waals surface area contributed by atoms with E-state index in [2.05, 4.69) is 39.0 Å². The molecule has 5 rings (SSSR count). The van der Waals surface area contributed by atoms with Gasteiger partial charge in [-0.25, -0.2) is 0 Å². The van der Waals surface area contributed by atoms with Gasteiger partial charge in [-0.15, -0.1) is 0 Å². The number of hydrogen-bond donors (Lipinski definition) is 1. The van der Waals surface area contributed by atoms with Gasteiger partial charge in [-0.3, -0.25) is 9.69 Å². The molecule has 3 aromatic rings. The van der Waals surface area contributed by atoms with Crippen molar-refractivity contribution in [2.45, 2.75) is 13.0 Å². The summed E-state index contributed by atoms with van der Waals surface area (Å²) in [6, 6.07) is 16.4. The average Bonchev–Trinajstić information content (AvgIpc) is 3.12. The van der Waals surface area contributed by atoms with E-state index in [9.17, 15) is 4.79 Å². The minimum atomic E-state index is 0.222. The second-order valence-electron chi connectivity index (χ2n) is 7.94. The first-order valence-electron chi connectivity index (χ1n) is 10.3. The number of aromatic nitrogens is 1. The van der Waals surface area contributed by atoms with Crippen LogP contribution in [0.25, 0.3) is 10.9 Å². The summed E-state index contributed by atoms with van der Waals surface area (Å²) in [7, 11) is 0. The fourth-order valence-electron chi connectivity index (χ4n) is 4.49. The quantitative estimate of drug-likeness (QED) is 0.721. The number of halogens is 1. The normalized spacial score (nSPS) is 17.6. The largest absolute Gasteiger partial charge is 0.369 e. The molecule has 0 saturated carbocycles. The van der Waals surface area contributed by atoms with E-state index in [1.807, 2.05) is 29.2 Å². The maximum absolute atomic E-state index is 13.0. The second-order valence-corrected chi connectivity index (χ2v) is 8.37. The first kappa shape index (κ1) is 18.5. The number of anilines is 1. The molecule has 0 radical (unpaired) electrons. The number of para-hydroxylation sites is 1. The minimum Gasteiger partial charge on any atom is -0.369 e. The Morgan fingerprint density at radius 2 is 1.79 bits per heavy atom. The van der Waals surface area contributed by atoms with E-state index in [-0.39, 0.29) is 5.91 Å². The lowest BCUT2D eigenvalue weighted by atomic mass is 10.0. The predicted molar refractivity (Wildman–Crippen MR) is 118 cm³/mol. The Hall–Kier alpha value is -2.50. The minimum absolute atomic E-state index is 0.222. The van der Waals surface area contributed by atoms with Crippen LogP contribution < -0.4 is 4.90 Å². The number of carbonyl (C=O) groups excluding carboxylic acids is 1. The number of amides is 1. The molecule has 1 fully saturated rings. The average molecular weight is 409 g/mol. The van der Waals surface area contributed by atoms with Gasteiger partial charge in [0.1, 0.15) is 0 Å². The number of benzene rings is 2. The Kier molecular flexibility index (Phi) is 4.94. The zero-order valence-corrected chi connectivity index (χ0v) is 17.2. The highest BCUT2D eigenvalue weighted by atomic mass is 35.5. The lowest BCUT2D eigenvalue weighted by Crippen LogP contribution is -2.50. The van der Waals surface area contributed by atoms with Gasteiger partial charge in [0.2, 0.25) is 5.91 Å². The summed E-state index contributed by atoms with van der Waals surface area (Å²) in [4.78, 5) is 23.2. The van der Waals surface area contributed by atoms with Crippen LogP contribution in [-0.4, -0.2) is 60.0 Å². The van der Waals surface area contributed by atoms with Crippen molar-refractivity contribution in [3.05, 3.63) is 64.8 Å². The fourth-order valence-corrected chi connectivity index (χ4v) is 4.67. The zero-order valence-electron chi connectivity index (χ0n) is 16.4. The van der Waals surface area contributed by atoms with Crippen LogP contribution in [0.3, 0.4) is 0 Å². The van der Waals surface area contributed by atoms with Gasteiger partial charge in [-0.05, 0) is 30.3 Å². The number of piperazine rings is 1. The number of H-pyrrole nitrogens is 1. The van der Waals surface area contributed by atoms with Gasteiger partial charge in [0.05, 0.1) is 6.54 Å². The highest BCUT2D eigenvalue weighted by Crippen LogP contribution is 2.30. The molecule has 3 heterocycles. The molecule has 0 bridgehead atoms. The van der Waals surface area contributed by atoms with Gasteiger partial charge in [-0.1, -0.05) is 29.8 Å². The molecule has 2 aromatic carbocycles. The van der Waals surface area contributed by atoms with Gasteiger partial charge in [0.25, 0.3) is 0 Å². The van der Waals surface area contributed by atoms with E-state index in [4.69, 9.17) is 11.6 Å². The lowest BCUT2D eigenvalue weighted by molar-refractivity contribution is -0.133. The first-order valence-corrected chi connectivity index (χ1v) is 10.6. The molecule has 0 unspecified atom stereocenters. The number of fused-ring (bicyclic) bond motifs is 3. The molecular weight excluding hydrogens is 384 g/mol. The Labute approximate surface area is 175 Å². The Bertz CT molecular complexity index is 1020. The highest BCUT2D eigenvalue weighted by molar-refractivity contribution is 6.31. The molecule has 1 amide bonds. The second kappa shape index (κ2) is 7.73. The van der Waals surface area contributed by atoms with E-state index < -0.39 is 0 Å². The topological polar surface area (TPSA) is 42.6 Å². The van der Waals surface area contributed by atoms with Crippen LogP contribution in [0.4, 0.5) is 5.69 Å². The number of carbonyl (C=O) groups is 1. The van der Waals surface area contributed by atoms with Crippen LogP contribution in [0.2, 0.25) is 5.02 Å². The van der Waals surface area contributed by atoms with Crippen molar-refractivity contribution in [1.29, 1.82) is 0 Å². The number of nitrogens with zero attached hydrogens (tertiary/aromatic N) is 3. The maximum Gasteiger partial charge on any atom is 0.237 e. The lowest BCUT2D eigenvalue weighted by Gasteiger charge is -2.37. The fraction of sp³-hybridized carbons (Fsp3) is 0.348. The van der Waals surface area contributed by atoms with E-state index in [1.54, 1.807) is 0 Å². The third-order valence-corrected chi connectivity index (χ3v) is 6.38. The summed E-state index contributed by atoms with van der Waals surface area (Å²) in [5.74, 6) is 0.222. The Morgan fingerprint density at radius 3 is 2.59 bits per heavy atom. The van der Waals surface area contributed by atoms with E-state index in [0.29, 0.717) is 13.1 Å². The molecule has 0 spiro atoms. The van der Waals surface area contributed by atoms with E-state index >= 15 is 0 Å². The third kappa shape index (κ3) is 3.72. The number of nitrogens with one attached hydrogen (secondary N) is 1. The van der Waals surface area contributed by atoms with Gasteiger partial charge in [-0.2, -0.15) is 0 Å². The highest BCUT2D eigenvalue weighted by Gasteiger charge is 2.26. The van der Waals surface area contributed by atoms with Crippen molar-refractivity contribution in [3.8, 4) is 0 Å². The molecular formula is C23H25ClN4O. The van der Waals surface area contributed by atoms with Crippen molar-refractivity contribution in [2.75, 3.05) is 44.2 Å². The number of aromatic amines is 1. The van der Waals surface area contributed by atoms with E-state index in [1.165, 1.54) is 16.9 Å². The Balaban J connectivity index is 1.21. The third-order valence-electron chi connectivity index (χ3n) is 6.14. The first-order chi connectivity index (χ1) is 14.2. The molecule has 29 heavy (non-hydrogen) atoms. The monoisotopic (exact) mass is 408 g/mol. The van der Waals surface area contributed by atoms with Crippen molar-refractivity contribution < 1.29 is 4.79 Å². The van der Waals surface area contributed by atoms with Gasteiger partial charge < -0.3 is 14.8 Å². The van der Waals surface area contributed by atoms with Crippen molar-refractivity contribution >= 4 is 34.1 Å². The van der Waals surface area contributed by atoms with Crippen molar-refractivity contribution in [1.82, 2.24) is 14.8 Å². The summed E-state index contributed by atoms with van der Waals surface area (Å²) in [6.45, 7) is 5.70. The summed E-state index contributed by atoms with van der Waals surface area (Å²) in [5, 5.41) is 1.88. The maximum atomic E-state index is 13.0. The van der Waals surface area contributed by atoms with Crippen LogP contribution in [-0.2, 0) is 17.8 Å². The molecule has 5 nitrogen and oxygen atoms in total. The summed E-state index contributed by atoms with van der Waals surface area (Å²) < 4.78 is 0. The SMILES string of the molecule is O=C(CN1CCN(c2ccccc2)CC1)N1CCc2[nH]c3ccc(Cl)cc3c2C1. The standard InChI is InChI=1S/C23H25ClN4O/c24-17-6-7-21-19(14-17)20-15-28(9-8-22(20)25-21)23(29)16-26-10-12-27(13-11-26)18-4-2-1-3-5-18/h1-7,14,25H,8-13,15-16H2.